The summed E-state index contributed by atoms with van der Waals surface area (Å²) in [6, 6.07) is 3.53. The first kappa shape index (κ1) is 9.22. The van der Waals surface area contributed by atoms with Crippen molar-refractivity contribution >= 4 is 13.4 Å². The average Bonchev–Trinajstić information content (AvgIpc) is 2.10. The van der Waals surface area contributed by atoms with Crippen LogP contribution >= 0.6 is 0 Å². The Kier molecular flexibility index (Phi) is 3.25. The van der Waals surface area contributed by atoms with Gasteiger partial charge in [0, 0.05) is 26.0 Å². The highest BCUT2D eigenvalue weighted by atomic mass is 16.7. The molecule has 1 heterocycles. The monoisotopic (exact) mass is 163 g/mol. The van der Waals surface area contributed by atoms with Crippen molar-refractivity contribution in [1.82, 2.24) is 4.98 Å². The molecule has 0 fully saturated rings. The summed E-state index contributed by atoms with van der Waals surface area (Å²) in [5, 5.41) is 0. The van der Waals surface area contributed by atoms with Gasteiger partial charge >= 0.3 is 0 Å². The molecule has 0 atom stereocenters. The molecule has 0 amide bonds. The molecule has 0 aliphatic heterocycles. The molecule has 1 aromatic rings. The second-order valence-corrected chi connectivity index (χ2v) is 2.32. The number of methoxy groups -OCH3 is 2. The number of nitrogens with zero attached hydrogens (tertiary/aromatic N) is 1. The van der Waals surface area contributed by atoms with Gasteiger partial charge in [0.15, 0.2) is 6.29 Å². The number of rotatable bonds is 3. The van der Waals surface area contributed by atoms with E-state index in [0.717, 1.165) is 5.56 Å². The normalized spacial score (nSPS) is 10.6. The Hall–Kier alpha value is -0.865. The molecule has 0 N–H and O–H groups in total. The smallest absolute Gasteiger partial charge is 0.184 e. The first-order valence-corrected chi connectivity index (χ1v) is 3.55. The number of ether oxygens (including phenoxy) is 2. The van der Waals surface area contributed by atoms with E-state index in [1.807, 2.05) is 6.07 Å². The van der Waals surface area contributed by atoms with Gasteiger partial charge in [-0.25, -0.2) is 0 Å². The zero-order valence-electron chi connectivity index (χ0n) is 7.15. The molecule has 4 heteroatoms. The predicted octanol–water partition coefficient (Wildman–Crippen LogP) is 0.167. The minimum atomic E-state index is -0.363. The van der Waals surface area contributed by atoms with Gasteiger partial charge in [-0.2, -0.15) is 0 Å². The molecule has 0 aromatic carbocycles. The molecule has 1 aromatic heterocycles. The molecule has 0 bridgehead atoms. The van der Waals surface area contributed by atoms with Gasteiger partial charge in [-0.05, 0) is 5.59 Å². The first-order valence-electron chi connectivity index (χ1n) is 3.55. The maximum atomic E-state index is 5.42. The van der Waals surface area contributed by atoms with E-state index in [4.69, 9.17) is 17.3 Å². The lowest BCUT2D eigenvalue weighted by molar-refractivity contribution is -0.106. The van der Waals surface area contributed by atoms with Gasteiger partial charge in [0.2, 0.25) is 0 Å². The molecule has 0 aliphatic carbocycles. The fourth-order valence-corrected chi connectivity index (χ4v) is 0.925. The van der Waals surface area contributed by atoms with Crippen LogP contribution < -0.4 is 5.59 Å². The molecule has 1 rings (SSSR count). The third kappa shape index (κ3) is 2.06. The highest BCUT2D eigenvalue weighted by Crippen LogP contribution is 2.14. The lowest BCUT2D eigenvalue weighted by Crippen LogP contribution is -2.10. The Labute approximate surface area is 73.1 Å². The van der Waals surface area contributed by atoms with Crippen LogP contribution in [0.2, 0.25) is 0 Å². The fraction of sp³-hybridized carbons (Fsp3) is 0.375. The van der Waals surface area contributed by atoms with Crippen LogP contribution in [0.15, 0.2) is 18.3 Å². The summed E-state index contributed by atoms with van der Waals surface area (Å²) in [7, 11) is 8.56. The van der Waals surface area contributed by atoms with Gasteiger partial charge in [-0.15, -0.1) is 0 Å². The van der Waals surface area contributed by atoms with E-state index in [2.05, 4.69) is 4.98 Å². The lowest BCUT2D eigenvalue weighted by atomic mass is 10.0. The summed E-state index contributed by atoms with van der Waals surface area (Å²) in [6.07, 6.45) is 1.27. The zero-order valence-corrected chi connectivity index (χ0v) is 7.15. The molecule has 62 valence electrons. The minimum Gasteiger partial charge on any atom is -0.352 e. The zero-order chi connectivity index (χ0) is 8.97. The molecule has 12 heavy (non-hydrogen) atoms. The van der Waals surface area contributed by atoms with Crippen molar-refractivity contribution in [1.29, 1.82) is 0 Å². The summed E-state index contributed by atoms with van der Waals surface area (Å²) in [6.45, 7) is 0. The molecule has 0 saturated heterocycles. The standard InChI is InChI=1S/C8H10BNO2/c1-11-8(12-2)6-3-4-7(9)10-5-6/h3-5,8H,1-2H3. The highest BCUT2D eigenvalue weighted by molar-refractivity contribution is 6.30. The molecule has 2 radical (unpaired) electrons. The average molecular weight is 163 g/mol. The van der Waals surface area contributed by atoms with Gasteiger partial charge in [0.1, 0.15) is 7.85 Å². The lowest BCUT2D eigenvalue weighted by Gasteiger charge is -2.12. The van der Waals surface area contributed by atoms with Crippen LogP contribution in [-0.4, -0.2) is 27.0 Å². The third-order valence-corrected chi connectivity index (χ3v) is 1.51. The Morgan fingerprint density at radius 1 is 1.33 bits per heavy atom. The maximum absolute atomic E-state index is 5.42. The molecular weight excluding hydrogens is 153 g/mol. The van der Waals surface area contributed by atoms with Crippen LogP contribution in [0.5, 0.6) is 0 Å². The van der Waals surface area contributed by atoms with Crippen molar-refractivity contribution in [2.45, 2.75) is 6.29 Å². The van der Waals surface area contributed by atoms with Gasteiger partial charge in [-0.1, -0.05) is 12.1 Å². The summed E-state index contributed by atoms with van der Waals surface area (Å²) in [5.74, 6) is 0. The van der Waals surface area contributed by atoms with E-state index < -0.39 is 0 Å². The number of pyridine rings is 1. The Bertz CT molecular complexity index is 233. The van der Waals surface area contributed by atoms with Crippen molar-refractivity contribution in [2.75, 3.05) is 14.2 Å². The Morgan fingerprint density at radius 3 is 2.42 bits per heavy atom. The summed E-state index contributed by atoms with van der Waals surface area (Å²) in [5.41, 5.74) is 1.35. The van der Waals surface area contributed by atoms with E-state index in [1.165, 1.54) is 0 Å². The Balaban J connectivity index is 2.80. The fourth-order valence-electron chi connectivity index (χ4n) is 0.925. The molecule has 3 nitrogen and oxygen atoms in total. The maximum Gasteiger partial charge on any atom is 0.184 e. The Morgan fingerprint density at radius 2 is 2.00 bits per heavy atom. The highest BCUT2D eigenvalue weighted by Gasteiger charge is 2.07. The van der Waals surface area contributed by atoms with E-state index in [-0.39, 0.29) is 6.29 Å². The number of hydrogen-bond donors (Lipinski definition) is 0. The minimum absolute atomic E-state index is 0.363. The SMILES string of the molecule is [B]c1ccc(C(OC)OC)cn1. The molecular formula is C8H10BNO2. The molecule has 0 unspecified atom stereocenters. The van der Waals surface area contributed by atoms with Crippen molar-refractivity contribution in [2.24, 2.45) is 0 Å². The predicted molar refractivity (Wildman–Crippen MR) is 46.4 cm³/mol. The quantitative estimate of drug-likeness (QED) is 0.470. The van der Waals surface area contributed by atoms with E-state index in [0.29, 0.717) is 5.59 Å². The van der Waals surface area contributed by atoms with Crippen molar-refractivity contribution in [3.8, 4) is 0 Å². The first-order chi connectivity index (χ1) is 5.77. The van der Waals surface area contributed by atoms with Crippen LogP contribution in [0, 0.1) is 0 Å². The van der Waals surface area contributed by atoms with Crippen LogP contribution in [-0.2, 0) is 9.47 Å². The molecule has 0 aliphatic rings. The molecule has 0 spiro atoms. The summed E-state index contributed by atoms with van der Waals surface area (Å²) < 4.78 is 10.0. The summed E-state index contributed by atoms with van der Waals surface area (Å²) in [4.78, 5) is 3.91. The van der Waals surface area contributed by atoms with Crippen LogP contribution in [0.4, 0.5) is 0 Å². The van der Waals surface area contributed by atoms with Gasteiger partial charge in [-0.3, -0.25) is 4.98 Å². The van der Waals surface area contributed by atoms with Gasteiger partial charge in [0.25, 0.3) is 0 Å². The van der Waals surface area contributed by atoms with Crippen molar-refractivity contribution < 1.29 is 9.47 Å². The van der Waals surface area contributed by atoms with Crippen LogP contribution in [0.3, 0.4) is 0 Å². The van der Waals surface area contributed by atoms with E-state index in [9.17, 15) is 0 Å². The van der Waals surface area contributed by atoms with Crippen molar-refractivity contribution in [3.05, 3.63) is 23.9 Å². The van der Waals surface area contributed by atoms with Gasteiger partial charge < -0.3 is 9.47 Å². The van der Waals surface area contributed by atoms with Crippen molar-refractivity contribution in [3.63, 3.8) is 0 Å². The van der Waals surface area contributed by atoms with E-state index in [1.54, 1.807) is 26.5 Å². The third-order valence-electron chi connectivity index (χ3n) is 1.51. The molecule has 0 saturated carbocycles. The summed E-state index contributed by atoms with van der Waals surface area (Å²) >= 11 is 0. The second-order valence-electron chi connectivity index (χ2n) is 2.32. The van der Waals surface area contributed by atoms with Gasteiger partial charge in [0.05, 0.1) is 0 Å². The van der Waals surface area contributed by atoms with Crippen LogP contribution in [0.25, 0.3) is 0 Å². The topological polar surface area (TPSA) is 31.4 Å². The second kappa shape index (κ2) is 4.23. The van der Waals surface area contributed by atoms with Crippen LogP contribution in [0.1, 0.15) is 11.9 Å². The number of aromatic nitrogens is 1. The van der Waals surface area contributed by atoms with E-state index >= 15 is 0 Å². The largest absolute Gasteiger partial charge is 0.352 e. The number of hydrogen-bond acceptors (Lipinski definition) is 3.